The number of benzene rings is 2. The highest BCUT2D eigenvalue weighted by Crippen LogP contribution is 2.15. The molecule has 0 saturated carbocycles. The van der Waals surface area contributed by atoms with Crippen LogP contribution in [0.15, 0.2) is 53.6 Å². The zero-order chi connectivity index (χ0) is 22.5. The van der Waals surface area contributed by atoms with Gasteiger partial charge in [-0.15, -0.1) is 0 Å². The summed E-state index contributed by atoms with van der Waals surface area (Å²) in [5.41, 5.74) is 2.85. The molecule has 0 atom stereocenters. The largest absolute Gasteiger partial charge is 0.497 e. The van der Waals surface area contributed by atoms with Crippen molar-refractivity contribution in [3.63, 3.8) is 0 Å². The van der Waals surface area contributed by atoms with Gasteiger partial charge in [-0.25, -0.2) is 4.98 Å². The van der Waals surface area contributed by atoms with Crippen molar-refractivity contribution < 1.29 is 9.53 Å². The first-order valence-electron chi connectivity index (χ1n) is 11.1. The maximum Gasteiger partial charge on any atom is 0.261 e. The van der Waals surface area contributed by atoms with Gasteiger partial charge in [0.05, 0.1) is 24.3 Å². The third kappa shape index (κ3) is 4.99. The van der Waals surface area contributed by atoms with Gasteiger partial charge in [0.15, 0.2) is 0 Å². The van der Waals surface area contributed by atoms with E-state index in [9.17, 15) is 9.59 Å². The third-order valence-electron chi connectivity index (χ3n) is 6.13. The van der Waals surface area contributed by atoms with Gasteiger partial charge in [0.2, 0.25) is 5.91 Å². The highest BCUT2D eigenvalue weighted by Gasteiger charge is 2.19. The van der Waals surface area contributed by atoms with E-state index < -0.39 is 0 Å². The summed E-state index contributed by atoms with van der Waals surface area (Å²) in [5, 5.41) is 0.601. The van der Waals surface area contributed by atoms with Crippen LogP contribution < -0.4 is 10.3 Å². The molecular weight excluding hydrogens is 404 g/mol. The molecule has 0 unspecified atom stereocenters. The van der Waals surface area contributed by atoms with Crippen molar-refractivity contribution in [3.8, 4) is 5.75 Å². The predicted octanol–water partition coefficient (Wildman–Crippen LogP) is 2.84. The second-order valence-corrected chi connectivity index (χ2v) is 8.32. The zero-order valence-electron chi connectivity index (χ0n) is 18.8. The van der Waals surface area contributed by atoms with Crippen LogP contribution in [0.25, 0.3) is 10.9 Å². The van der Waals surface area contributed by atoms with Crippen LogP contribution in [0.4, 0.5) is 0 Å². The molecule has 168 valence electrons. The first-order chi connectivity index (χ1) is 15.5. The number of hydrogen-bond acceptors (Lipinski definition) is 5. The minimum Gasteiger partial charge on any atom is -0.497 e. The first kappa shape index (κ1) is 22.0. The number of carbonyl (C=O) groups is 1. The maximum atomic E-state index is 12.8. The van der Waals surface area contributed by atoms with E-state index in [0.717, 1.165) is 49.4 Å². The summed E-state index contributed by atoms with van der Waals surface area (Å²) in [4.78, 5) is 34.4. The summed E-state index contributed by atoms with van der Waals surface area (Å²) in [6, 6.07) is 13.7. The lowest BCUT2D eigenvalue weighted by atomic mass is 10.1. The normalized spacial score (nSPS) is 15.0. The van der Waals surface area contributed by atoms with Crippen molar-refractivity contribution in [2.24, 2.45) is 0 Å². The molecule has 7 nitrogen and oxygen atoms in total. The van der Waals surface area contributed by atoms with E-state index in [2.05, 4.69) is 22.0 Å². The van der Waals surface area contributed by atoms with Crippen LogP contribution in [-0.2, 0) is 17.9 Å². The second-order valence-electron chi connectivity index (χ2n) is 8.32. The van der Waals surface area contributed by atoms with Crippen molar-refractivity contribution in [2.45, 2.75) is 32.9 Å². The fraction of sp³-hybridized carbons (Fsp3) is 0.400. The van der Waals surface area contributed by atoms with E-state index in [-0.39, 0.29) is 11.5 Å². The monoisotopic (exact) mass is 434 g/mol. The molecule has 0 spiro atoms. The lowest BCUT2D eigenvalue weighted by Crippen LogP contribution is -2.36. The fourth-order valence-electron chi connectivity index (χ4n) is 4.24. The highest BCUT2D eigenvalue weighted by atomic mass is 16.5. The van der Waals surface area contributed by atoms with Gasteiger partial charge in [-0.1, -0.05) is 24.3 Å². The third-order valence-corrected chi connectivity index (χ3v) is 6.13. The molecule has 32 heavy (non-hydrogen) atoms. The highest BCUT2D eigenvalue weighted by molar-refractivity contribution is 5.80. The van der Waals surface area contributed by atoms with Gasteiger partial charge in [-0.05, 0) is 42.7 Å². The summed E-state index contributed by atoms with van der Waals surface area (Å²) in [6.07, 6.45) is 2.81. The van der Waals surface area contributed by atoms with Gasteiger partial charge in [-0.3, -0.25) is 19.1 Å². The van der Waals surface area contributed by atoms with Crippen molar-refractivity contribution in [1.82, 2.24) is 19.4 Å². The van der Waals surface area contributed by atoms with Crippen molar-refractivity contribution in [3.05, 3.63) is 70.3 Å². The molecule has 1 aliphatic heterocycles. The SMILES string of the molecule is COc1ccc(CN2CCCN(C(=O)CCn3cnc4c(C)cccc4c3=O)CC2)cc1. The summed E-state index contributed by atoms with van der Waals surface area (Å²) in [5.74, 6) is 0.949. The predicted molar refractivity (Wildman–Crippen MR) is 125 cm³/mol. The molecule has 2 heterocycles. The van der Waals surface area contributed by atoms with Crippen LogP contribution >= 0.6 is 0 Å². The summed E-state index contributed by atoms with van der Waals surface area (Å²) < 4.78 is 6.77. The van der Waals surface area contributed by atoms with Gasteiger partial charge in [-0.2, -0.15) is 0 Å². The molecule has 1 amide bonds. The maximum absolute atomic E-state index is 12.8. The second kappa shape index (κ2) is 9.96. The number of aryl methyl sites for hydroxylation is 2. The Balaban J connectivity index is 1.33. The van der Waals surface area contributed by atoms with Gasteiger partial charge in [0.1, 0.15) is 5.75 Å². The first-order valence-corrected chi connectivity index (χ1v) is 11.1. The number of rotatable bonds is 6. The van der Waals surface area contributed by atoms with Gasteiger partial charge in [0, 0.05) is 45.7 Å². The zero-order valence-corrected chi connectivity index (χ0v) is 18.8. The van der Waals surface area contributed by atoms with Gasteiger partial charge >= 0.3 is 0 Å². The molecule has 1 aromatic heterocycles. The number of fused-ring (bicyclic) bond motifs is 1. The molecule has 1 fully saturated rings. The Morgan fingerprint density at radius 2 is 1.88 bits per heavy atom. The molecular formula is C25H30N4O3. The van der Waals surface area contributed by atoms with Crippen LogP contribution in [0.3, 0.4) is 0 Å². The molecule has 0 radical (unpaired) electrons. The number of carbonyl (C=O) groups excluding carboxylic acids is 1. The van der Waals surface area contributed by atoms with E-state index in [1.54, 1.807) is 24.1 Å². The molecule has 1 aliphatic rings. The average molecular weight is 435 g/mol. The number of para-hydroxylation sites is 1. The average Bonchev–Trinajstić information content (AvgIpc) is 3.05. The molecule has 0 aliphatic carbocycles. The van der Waals surface area contributed by atoms with Crippen molar-refractivity contribution in [1.29, 1.82) is 0 Å². The van der Waals surface area contributed by atoms with Gasteiger partial charge < -0.3 is 9.64 Å². The van der Waals surface area contributed by atoms with E-state index in [1.165, 1.54) is 5.56 Å². The van der Waals surface area contributed by atoms with Crippen molar-refractivity contribution >= 4 is 16.8 Å². The standard InChI is InChI=1S/C25H30N4O3/c1-19-5-3-6-22-24(19)26-18-29(25(22)31)14-11-23(30)28-13-4-12-27(15-16-28)17-20-7-9-21(32-2)10-8-20/h3,5-10,18H,4,11-17H2,1-2H3. The minimum absolute atomic E-state index is 0.0898. The number of aromatic nitrogens is 2. The summed E-state index contributed by atoms with van der Waals surface area (Å²) in [6.45, 7) is 6.42. The molecule has 0 N–H and O–H groups in total. The lowest BCUT2D eigenvalue weighted by Gasteiger charge is -2.22. The lowest BCUT2D eigenvalue weighted by molar-refractivity contribution is -0.131. The quantitative estimate of drug-likeness (QED) is 0.597. The Bertz CT molecular complexity index is 1140. The molecule has 7 heteroatoms. The molecule has 1 saturated heterocycles. The minimum atomic E-state index is -0.0898. The van der Waals surface area contributed by atoms with E-state index >= 15 is 0 Å². The Labute approximate surface area is 188 Å². The number of ether oxygens (including phenoxy) is 1. The Morgan fingerprint density at radius 3 is 2.66 bits per heavy atom. The molecule has 4 rings (SSSR count). The molecule has 0 bridgehead atoms. The number of hydrogen-bond donors (Lipinski definition) is 0. The van der Waals surface area contributed by atoms with Crippen LogP contribution in [0.1, 0.15) is 24.0 Å². The Morgan fingerprint density at radius 1 is 1.06 bits per heavy atom. The number of nitrogens with zero attached hydrogens (tertiary/aromatic N) is 4. The van der Waals surface area contributed by atoms with E-state index in [1.807, 2.05) is 36.1 Å². The molecule has 3 aromatic rings. The van der Waals surface area contributed by atoms with Gasteiger partial charge in [0.25, 0.3) is 5.56 Å². The number of amides is 1. The van der Waals surface area contributed by atoms with E-state index in [4.69, 9.17) is 4.74 Å². The van der Waals surface area contributed by atoms with Crippen LogP contribution in [0, 0.1) is 6.92 Å². The fourth-order valence-corrected chi connectivity index (χ4v) is 4.24. The van der Waals surface area contributed by atoms with Crippen molar-refractivity contribution in [2.75, 3.05) is 33.3 Å². The van der Waals surface area contributed by atoms with E-state index in [0.29, 0.717) is 24.9 Å². The summed E-state index contributed by atoms with van der Waals surface area (Å²) >= 11 is 0. The Kier molecular flexibility index (Phi) is 6.85. The smallest absolute Gasteiger partial charge is 0.261 e. The summed E-state index contributed by atoms with van der Waals surface area (Å²) in [7, 11) is 1.67. The molecule has 2 aromatic carbocycles. The van der Waals surface area contributed by atoms with Crippen LogP contribution in [-0.4, -0.2) is 58.5 Å². The topological polar surface area (TPSA) is 67.7 Å². The Hall–Kier alpha value is -3.19. The van der Waals surface area contributed by atoms with Crippen LogP contribution in [0.2, 0.25) is 0 Å². The number of methoxy groups -OCH3 is 1. The van der Waals surface area contributed by atoms with Crippen LogP contribution in [0.5, 0.6) is 5.75 Å².